The van der Waals surface area contributed by atoms with Crippen molar-refractivity contribution in [3.8, 4) is 5.75 Å². The van der Waals surface area contributed by atoms with E-state index in [2.05, 4.69) is 32.9 Å². The summed E-state index contributed by atoms with van der Waals surface area (Å²) in [5.74, 6) is -2.04. The average molecular weight is 857 g/mol. The molecule has 3 aliphatic carbocycles. The predicted octanol–water partition coefficient (Wildman–Crippen LogP) is 6.46. The first kappa shape index (κ1) is 42.8. The van der Waals surface area contributed by atoms with Gasteiger partial charge in [0.25, 0.3) is 17.7 Å². The molecule has 1 saturated heterocycles. The van der Waals surface area contributed by atoms with Gasteiger partial charge >= 0.3 is 6.18 Å². The molecule has 328 valence electrons. The molecule has 17 heteroatoms. The van der Waals surface area contributed by atoms with Crippen LogP contribution in [0, 0.1) is 11.3 Å². The number of nitrogens with one attached hydrogen (secondary N) is 3. The number of ether oxygens (including phenoxy) is 1. The number of alkyl halides is 3. The number of benzene rings is 2. The van der Waals surface area contributed by atoms with E-state index in [1.165, 1.54) is 13.2 Å². The number of nitrogens with zero attached hydrogens (tertiary/aromatic N) is 4. The lowest BCUT2D eigenvalue weighted by atomic mass is 9.57. The number of piperidine rings is 1. The third-order valence-electron chi connectivity index (χ3n) is 13.5. The largest absolute Gasteiger partial charge is 0.494 e. The van der Waals surface area contributed by atoms with Crippen molar-refractivity contribution in [2.45, 2.75) is 107 Å². The van der Waals surface area contributed by atoms with Crippen molar-refractivity contribution >= 4 is 52.8 Å². The molecule has 2 aromatic carbocycles. The molecule has 0 radical (unpaired) electrons. The van der Waals surface area contributed by atoms with Gasteiger partial charge in [-0.15, -0.1) is 0 Å². The molecular weight excluding hydrogens is 806 g/mol. The first-order chi connectivity index (χ1) is 29.6. The number of imide groups is 2. The molecular formula is C45H51F3N8O6. The van der Waals surface area contributed by atoms with Crippen LogP contribution in [0.3, 0.4) is 0 Å². The van der Waals surface area contributed by atoms with Crippen LogP contribution in [0.2, 0.25) is 0 Å². The number of anilines is 3. The Hall–Kier alpha value is -5.84. The standard InChI is InChI=1S/C45H51F3N8O6/c1-55(24-25-9-11-27(12-10-25)50-23-26-19-34(36(62-2)20-31(26)49)53-40(58)33-7-4-8-37(52-33)45(46,47)48)29-15-17-44(18-16-29)21-28(22-44)51-32-6-3-5-30-39(32)43(61)56(42(30)60)35-13-14-38(57)54-41(35)59/h3-8,19-20,23,25,27-29,35,51H,9-18,21-22,24,49H2,1-2H3,(H,53,58)(H,54,57,59). The number of amides is 5. The van der Waals surface area contributed by atoms with Crippen molar-refractivity contribution in [3.05, 3.63) is 76.6 Å². The minimum atomic E-state index is -4.69. The first-order valence-corrected chi connectivity index (χ1v) is 21.3. The number of halogens is 3. The Labute approximate surface area is 357 Å². The van der Waals surface area contributed by atoms with Gasteiger partial charge in [0.1, 0.15) is 23.2 Å². The molecule has 62 heavy (non-hydrogen) atoms. The highest BCUT2D eigenvalue weighted by Crippen LogP contribution is 2.53. The number of pyridine rings is 1. The van der Waals surface area contributed by atoms with Gasteiger partial charge in [0, 0.05) is 60.3 Å². The van der Waals surface area contributed by atoms with E-state index in [9.17, 15) is 37.1 Å². The van der Waals surface area contributed by atoms with Gasteiger partial charge in [-0.2, -0.15) is 13.2 Å². The Balaban J connectivity index is 0.787. The summed E-state index contributed by atoms with van der Waals surface area (Å²) in [4.78, 5) is 75.8. The highest BCUT2D eigenvalue weighted by molar-refractivity contribution is 6.25. The van der Waals surface area contributed by atoms with Gasteiger partial charge in [-0.05, 0) is 119 Å². The number of carbonyl (C=O) groups excluding carboxylic acids is 5. The van der Waals surface area contributed by atoms with Crippen molar-refractivity contribution in [1.29, 1.82) is 0 Å². The number of fused-ring (bicyclic) bond motifs is 1. The number of methoxy groups -OCH3 is 1. The first-order valence-electron chi connectivity index (χ1n) is 21.3. The minimum Gasteiger partial charge on any atom is -0.494 e. The van der Waals surface area contributed by atoms with E-state index in [1.807, 2.05) is 6.07 Å². The number of hydrogen-bond donors (Lipinski definition) is 4. The molecule has 3 heterocycles. The van der Waals surface area contributed by atoms with Crippen LogP contribution in [0.5, 0.6) is 5.75 Å². The van der Waals surface area contributed by atoms with Crippen molar-refractivity contribution in [1.82, 2.24) is 20.1 Å². The zero-order chi connectivity index (χ0) is 43.9. The van der Waals surface area contributed by atoms with E-state index in [0.717, 1.165) is 87.8 Å². The fraction of sp³-hybridized carbons (Fsp3) is 0.489. The van der Waals surface area contributed by atoms with Gasteiger partial charge in [0.05, 0.1) is 23.9 Å². The van der Waals surface area contributed by atoms with E-state index in [-0.39, 0.29) is 53.0 Å². The average Bonchev–Trinajstić information content (AvgIpc) is 3.49. The summed E-state index contributed by atoms with van der Waals surface area (Å²) < 4.78 is 44.9. The Morgan fingerprint density at radius 1 is 1.00 bits per heavy atom. The number of nitrogen functional groups attached to an aromatic ring is 1. The number of nitrogens with two attached hydrogens (primary N) is 1. The molecule has 5 amide bonds. The van der Waals surface area contributed by atoms with Gasteiger partial charge in [0.2, 0.25) is 11.8 Å². The number of rotatable bonds is 11. The number of carbonyl (C=O) groups is 5. The van der Waals surface area contributed by atoms with Gasteiger partial charge < -0.3 is 26.0 Å². The molecule has 2 aliphatic heterocycles. The lowest BCUT2D eigenvalue weighted by Crippen LogP contribution is -2.54. The summed E-state index contributed by atoms with van der Waals surface area (Å²) in [7, 11) is 3.64. The van der Waals surface area contributed by atoms with Crippen LogP contribution in [0.1, 0.15) is 120 Å². The normalized spacial score (nSPS) is 26.4. The van der Waals surface area contributed by atoms with Crippen molar-refractivity contribution < 1.29 is 41.9 Å². The van der Waals surface area contributed by atoms with Crippen LogP contribution in [0.25, 0.3) is 0 Å². The molecule has 1 aromatic heterocycles. The Kier molecular flexibility index (Phi) is 11.8. The predicted molar refractivity (Wildman–Crippen MR) is 225 cm³/mol. The van der Waals surface area contributed by atoms with E-state index in [4.69, 9.17) is 15.5 Å². The molecule has 1 atom stereocenters. The summed E-state index contributed by atoms with van der Waals surface area (Å²) in [6, 6.07) is 11.3. The molecule has 3 saturated carbocycles. The summed E-state index contributed by atoms with van der Waals surface area (Å²) in [6.07, 6.45) is 7.64. The molecule has 5 N–H and O–H groups in total. The summed E-state index contributed by atoms with van der Waals surface area (Å²) in [5, 5.41) is 8.40. The van der Waals surface area contributed by atoms with Gasteiger partial charge in [-0.1, -0.05) is 12.1 Å². The van der Waals surface area contributed by atoms with E-state index < -0.39 is 47.4 Å². The van der Waals surface area contributed by atoms with Crippen LogP contribution in [-0.4, -0.2) is 95.4 Å². The Morgan fingerprint density at radius 2 is 1.73 bits per heavy atom. The quantitative estimate of drug-likeness (QED) is 0.0948. The van der Waals surface area contributed by atoms with E-state index in [1.54, 1.807) is 30.5 Å². The van der Waals surface area contributed by atoms with E-state index >= 15 is 0 Å². The minimum absolute atomic E-state index is 0.0758. The Morgan fingerprint density at radius 3 is 2.42 bits per heavy atom. The maximum absolute atomic E-state index is 13.6. The zero-order valence-corrected chi connectivity index (χ0v) is 34.7. The molecule has 0 bridgehead atoms. The second kappa shape index (κ2) is 17.1. The summed E-state index contributed by atoms with van der Waals surface area (Å²) in [5.41, 5.74) is 7.37. The fourth-order valence-corrected chi connectivity index (χ4v) is 10.1. The van der Waals surface area contributed by atoms with Gasteiger partial charge in [-0.3, -0.25) is 39.2 Å². The van der Waals surface area contributed by atoms with Crippen LogP contribution in [-0.2, 0) is 15.8 Å². The second-order valence-corrected chi connectivity index (χ2v) is 17.6. The van der Waals surface area contributed by atoms with Crippen molar-refractivity contribution in [3.63, 3.8) is 0 Å². The molecule has 3 aromatic rings. The maximum Gasteiger partial charge on any atom is 0.433 e. The maximum atomic E-state index is 13.6. The lowest BCUT2D eigenvalue weighted by Gasteiger charge is -2.53. The third kappa shape index (κ3) is 8.76. The molecule has 1 unspecified atom stereocenters. The molecule has 1 spiro atoms. The van der Waals surface area contributed by atoms with E-state index in [0.29, 0.717) is 34.5 Å². The topological polar surface area (TPSA) is 188 Å². The third-order valence-corrected chi connectivity index (χ3v) is 13.5. The number of aliphatic imine (C=N–C) groups is 1. The van der Waals surface area contributed by atoms with Crippen molar-refractivity contribution in [2.75, 3.05) is 37.1 Å². The molecule has 5 aliphatic rings. The van der Waals surface area contributed by atoms with Gasteiger partial charge in [-0.25, -0.2) is 4.98 Å². The summed E-state index contributed by atoms with van der Waals surface area (Å²) in [6.45, 7) is 1.02. The molecule has 4 fully saturated rings. The number of hydrogen-bond acceptors (Lipinski definition) is 11. The Bertz CT molecular complexity index is 2290. The summed E-state index contributed by atoms with van der Waals surface area (Å²) >= 11 is 0. The SMILES string of the molecule is COc1cc(N)c(C=NC2CCC(CN(C)C3CCC4(CC3)CC(Nc3cccc5c3C(=O)N(C3CCC(=O)NC3=O)C5=O)C4)CC2)cc1NC(=O)c1cccc(C(F)(F)F)n1. The highest BCUT2D eigenvalue weighted by atomic mass is 19.4. The lowest BCUT2D eigenvalue weighted by molar-refractivity contribution is -0.141. The van der Waals surface area contributed by atoms with Gasteiger partial charge in [0.15, 0.2) is 0 Å². The van der Waals surface area contributed by atoms with Crippen LogP contribution >= 0.6 is 0 Å². The second-order valence-electron chi connectivity index (χ2n) is 17.6. The van der Waals surface area contributed by atoms with Crippen LogP contribution in [0.4, 0.5) is 30.2 Å². The zero-order valence-electron chi connectivity index (χ0n) is 34.7. The smallest absolute Gasteiger partial charge is 0.433 e. The van der Waals surface area contributed by atoms with Crippen molar-refractivity contribution in [2.24, 2.45) is 16.3 Å². The van der Waals surface area contributed by atoms with Crippen LogP contribution < -0.4 is 26.4 Å². The number of aromatic nitrogens is 1. The van der Waals surface area contributed by atoms with Crippen LogP contribution in [0.15, 0.2) is 53.5 Å². The molecule has 8 rings (SSSR count). The fourth-order valence-electron chi connectivity index (χ4n) is 10.1. The molecule has 14 nitrogen and oxygen atoms in total. The monoisotopic (exact) mass is 856 g/mol. The highest BCUT2D eigenvalue weighted by Gasteiger charge is 2.49.